The van der Waals surface area contributed by atoms with Crippen molar-refractivity contribution in [3.8, 4) is 0 Å². The van der Waals surface area contributed by atoms with Crippen molar-refractivity contribution >= 4 is 0 Å². The highest BCUT2D eigenvalue weighted by atomic mass is 16.5. The predicted molar refractivity (Wildman–Crippen MR) is 54.1 cm³/mol. The number of aliphatic hydroxyl groups excluding tert-OH is 1. The van der Waals surface area contributed by atoms with Crippen LogP contribution in [0, 0.1) is 6.61 Å². The SMILES string of the molecule is N[C@H]1C[C@H](n2ccc(=O)[nH]c2=O)O[C@@H]1[CH]O. The number of rotatable bonds is 2. The van der Waals surface area contributed by atoms with Crippen molar-refractivity contribution in [2.45, 2.75) is 24.8 Å². The van der Waals surface area contributed by atoms with Crippen molar-refractivity contribution < 1.29 is 9.84 Å². The average molecular weight is 226 g/mol. The summed E-state index contributed by atoms with van der Waals surface area (Å²) >= 11 is 0. The zero-order valence-corrected chi connectivity index (χ0v) is 8.37. The number of hydrogen-bond acceptors (Lipinski definition) is 5. The average Bonchev–Trinajstić information content (AvgIpc) is 2.59. The molecule has 0 aliphatic carbocycles. The van der Waals surface area contributed by atoms with Gasteiger partial charge in [-0.05, 0) is 0 Å². The van der Waals surface area contributed by atoms with Crippen LogP contribution in [0.4, 0.5) is 0 Å². The van der Waals surface area contributed by atoms with Gasteiger partial charge in [-0.25, -0.2) is 4.79 Å². The molecule has 4 N–H and O–H groups in total. The van der Waals surface area contributed by atoms with Crippen molar-refractivity contribution in [3.63, 3.8) is 0 Å². The molecule has 87 valence electrons. The standard InChI is InChI=1S/C9H12N3O4/c10-5-3-8(16-6(5)4-13)12-2-1-7(14)11-9(12)15/h1-2,4-6,8,13H,3,10H2,(H,11,14,15)/t5-,6+,8+/m0/s1. The second-order valence-electron chi connectivity index (χ2n) is 3.62. The molecule has 1 aliphatic rings. The monoisotopic (exact) mass is 226 g/mol. The third-order valence-electron chi connectivity index (χ3n) is 2.52. The number of hydrogen-bond donors (Lipinski definition) is 3. The molecule has 3 atom stereocenters. The highest BCUT2D eigenvalue weighted by Gasteiger charge is 2.33. The first-order chi connectivity index (χ1) is 7.61. The molecule has 0 amide bonds. The van der Waals surface area contributed by atoms with Crippen LogP contribution in [0.15, 0.2) is 21.9 Å². The Morgan fingerprint density at radius 2 is 2.38 bits per heavy atom. The van der Waals surface area contributed by atoms with Gasteiger partial charge < -0.3 is 15.6 Å². The summed E-state index contributed by atoms with van der Waals surface area (Å²) in [6.45, 7) is 0.862. The van der Waals surface area contributed by atoms with Gasteiger partial charge in [-0.1, -0.05) is 0 Å². The Bertz CT molecular complexity index is 480. The molecule has 1 saturated heterocycles. The molecule has 0 saturated carbocycles. The maximum atomic E-state index is 11.4. The smallest absolute Gasteiger partial charge is 0.330 e. The molecule has 2 rings (SSSR count). The topological polar surface area (TPSA) is 110 Å². The van der Waals surface area contributed by atoms with Crippen LogP contribution in [0.1, 0.15) is 12.6 Å². The summed E-state index contributed by atoms with van der Waals surface area (Å²) in [6, 6.07) is 0.862. The molecule has 2 heterocycles. The van der Waals surface area contributed by atoms with Crippen LogP contribution in [-0.4, -0.2) is 26.8 Å². The maximum Gasteiger partial charge on any atom is 0.330 e. The zero-order chi connectivity index (χ0) is 11.7. The van der Waals surface area contributed by atoms with Gasteiger partial charge in [-0.3, -0.25) is 14.3 Å². The summed E-state index contributed by atoms with van der Waals surface area (Å²) < 4.78 is 6.58. The molecular weight excluding hydrogens is 214 g/mol. The second-order valence-corrected chi connectivity index (χ2v) is 3.62. The molecule has 0 unspecified atom stereocenters. The van der Waals surface area contributed by atoms with Crippen molar-refractivity contribution in [1.82, 2.24) is 9.55 Å². The molecule has 16 heavy (non-hydrogen) atoms. The summed E-state index contributed by atoms with van der Waals surface area (Å²) in [6.07, 6.45) is 0.586. The van der Waals surface area contributed by atoms with Crippen LogP contribution in [0.5, 0.6) is 0 Å². The molecule has 0 spiro atoms. The fraction of sp³-hybridized carbons (Fsp3) is 0.444. The number of aliphatic hydroxyl groups is 1. The summed E-state index contributed by atoms with van der Waals surface area (Å²) in [5, 5.41) is 8.84. The first kappa shape index (κ1) is 11.1. The van der Waals surface area contributed by atoms with E-state index in [0.717, 1.165) is 6.61 Å². The molecule has 1 aromatic rings. The Kier molecular flexibility index (Phi) is 2.90. The van der Waals surface area contributed by atoms with Gasteiger partial charge in [0.15, 0.2) is 0 Å². The van der Waals surface area contributed by atoms with E-state index in [1.807, 2.05) is 0 Å². The number of aromatic nitrogens is 2. The maximum absolute atomic E-state index is 11.4. The van der Waals surface area contributed by atoms with Gasteiger partial charge in [0.1, 0.15) is 18.9 Å². The number of ether oxygens (including phenoxy) is 1. The van der Waals surface area contributed by atoms with Crippen LogP contribution < -0.4 is 17.0 Å². The minimum absolute atomic E-state index is 0.367. The van der Waals surface area contributed by atoms with Crippen molar-refractivity contribution in [2.24, 2.45) is 5.73 Å². The lowest BCUT2D eigenvalue weighted by molar-refractivity contribution is -0.00630. The highest BCUT2D eigenvalue weighted by Crippen LogP contribution is 2.26. The first-order valence-electron chi connectivity index (χ1n) is 4.82. The predicted octanol–water partition coefficient (Wildman–Crippen LogP) is -1.31. The van der Waals surface area contributed by atoms with E-state index in [9.17, 15) is 9.59 Å². The Hall–Kier alpha value is -1.44. The normalized spacial score (nSPS) is 29.5. The lowest BCUT2D eigenvalue weighted by atomic mass is 10.1. The van der Waals surface area contributed by atoms with Crippen LogP contribution in [0.2, 0.25) is 0 Å². The number of nitrogens with zero attached hydrogens (tertiary/aromatic N) is 1. The molecule has 1 radical (unpaired) electrons. The lowest BCUT2D eigenvalue weighted by Gasteiger charge is -2.13. The van der Waals surface area contributed by atoms with Crippen LogP contribution in [-0.2, 0) is 4.74 Å². The molecule has 0 bridgehead atoms. The van der Waals surface area contributed by atoms with Crippen LogP contribution in [0.3, 0.4) is 0 Å². The van der Waals surface area contributed by atoms with E-state index in [4.69, 9.17) is 15.6 Å². The third-order valence-corrected chi connectivity index (χ3v) is 2.52. The quantitative estimate of drug-likeness (QED) is 0.579. The molecule has 1 fully saturated rings. The van der Waals surface area contributed by atoms with Crippen molar-refractivity contribution in [3.05, 3.63) is 39.7 Å². The number of H-pyrrole nitrogens is 1. The Morgan fingerprint density at radius 3 is 2.94 bits per heavy atom. The Morgan fingerprint density at radius 1 is 1.62 bits per heavy atom. The molecule has 1 aromatic heterocycles. The van der Waals surface area contributed by atoms with Gasteiger partial charge in [0.05, 0.1) is 0 Å². The molecule has 1 aliphatic heterocycles. The minimum Gasteiger partial charge on any atom is -0.388 e. The highest BCUT2D eigenvalue weighted by molar-refractivity contribution is 4.91. The second kappa shape index (κ2) is 4.20. The largest absolute Gasteiger partial charge is 0.388 e. The number of nitrogens with one attached hydrogen (secondary N) is 1. The molecule has 7 nitrogen and oxygen atoms in total. The van der Waals surface area contributed by atoms with Gasteiger partial charge in [-0.15, -0.1) is 0 Å². The van der Waals surface area contributed by atoms with Gasteiger partial charge in [-0.2, -0.15) is 0 Å². The first-order valence-corrected chi connectivity index (χ1v) is 4.82. The van der Waals surface area contributed by atoms with Gasteiger partial charge in [0.25, 0.3) is 5.56 Å². The van der Waals surface area contributed by atoms with E-state index in [-0.39, 0.29) is 6.04 Å². The summed E-state index contributed by atoms with van der Waals surface area (Å²) in [5.41, 5.74) is 4.68. The van der Waals surface area contributed by atoms with E-state index in [0.29, 0.717) is 6.42 Å². The summed E-state index contributed by atoms with van der Waals surface area (Å²) in [4.78, 5) is 24.4. The minimum atomic E-state index is -0.594. The number of nitrogens with two attached hydrogens (primary N) is 1. The zero-order valence-electron chi connectivity index (χ0n) is 8.37. The molecule has 0 aromatic carbocycles. The number of aromatic amines is 1. The van der Waals surface area contributed by atoms with E-state index >= 15 is 0 Å². The fourth-order valence-corrected chi connectivity index (χ4v) is 1.68. The van der Waals surface area contributed by atoms with E-state index in [2.05, 4.69) is 4.98 Å². The van der Waals surface area contributed by atoms with Crippen molar-refractivity contribution in [2.75, 3.05) is 0 Å². The van der Waals surface area contributed by atoms with Crippen LogP contribution in [0.25, 0.3) is 0 Å². The summed E-state index contributed by atoms with van der Waals surface area (Å²) in [7, 11) is 0. The lowest BCUT2D eigenvalue weighted by Crippen LogP contribution is -2.31. The Labute approximate surface area is 90.5 Å². The van der Waals surface area contributed by atoms with Gasteiger partial charge in [0.2, 0.25) is 0 Å². The van der Waals surface area contributed by atoms with E-state index in [1.54, 1.807) is 0 Å². The van der Waals surface area contributed by atoms with Crippen LogP contribution >= 0.6 is 0 Å². The van der Waals surface area contributed by atoms with Gasteiger partial charge in [0, 0.05) is 24.7 Å². The third kappa shape index (κ3) is 1.92. The van der Waals surface area contributed by atoms with E-state index in [1.165, 1.54) is 16.8 Å². The summed E-state index contributed by atoms with van der Waals surface area (Å²) in [5.74, 6) is 0. The molecular formula is C9H12N3O4. The fourth-order valence-electron chi connectivity index (χ4n) is 1.68. The van der Waals surface area contributed by atoms with Gasteiger partial charge >= 0.3 is 5.69 Å². The van der Waals surface area contributed by atoms with E-state index < -0.39 is 23.6 Å². The van der Waals surface area contributed by atoms with Crippen molar-refractivity contribution in [1.29, 1.82) is 0 Å². The molecule has 7 heteroatoms. The Balaban J connectivity index is 2.27.